The Morgan fingerprint density at radius 2 is 2.05 bits per heavy atom. The minimum absolute atomic E-state index is 0.673. The quantitative estimate of drug-likeness (QED) is 0.808. The van der Waals surface area contributed by atoms with Gasteiger partial charge in [-0.05, 0) is 43.4 Å². The van der Waals surface area contributed by atoms with E-state index < -0.39 is 0 Å². The monoisotopic (exact) mass is 375 g/mol. The molecule has 0 amide bonds. The molecule has 20 heavy (non-hydrogen) atoms. The Bertz CT molecular complexity index is 475. The summed E-state index contributed by atoms with van der Waals surface area (Å²) in [6.45, 7) is 7.48. The lowest BCUT2D eigenvalue weighted by Gasteiger charge is -2.36. The van der Waals surface area contributed by atoms with E-state index in [0.717, 1.165) is 41.5 Å². The second-order valence-electron chi connectivity index (χ2n) is 4.88. The Labute approximate surface area is 139 Å². The van der Waals surface area contributed by atoms with Gasteiger partial charge in [0.2, 0.25) is 0 Å². The lowest BCUT2D eigenvalue weighted by molar-refractivity contribution is 0.184. The zero-order valence-corrected chi connectivity index (χ0v) is 14.7. The van der Waals surface area contributed by atoms with Gasteiger partial charge in [-0.3, -0.25) is 4.90 Å². The summed E-state index contributed by atoms with van der Waals surface area (Å²) in [5.74, 6) is 0. The molecule has 0 bridgehead atoms. The maximum atomic E-state index is 6.20. The highest BCUT2D eigenvalue weighted by molar-refractivity contribution is 9.10. The summed E-state index contributed by atoms with van der Waals surface area (Å²) in [6.07, 6.45) is 1.21. The van der Waals surface area contributed by atoms with E-state index in [1.807, 2.05) is 18.2 Å². The average molecular weight is 377 g/mol. The Morgan fingerprint density at radius 1 is 1.35 bits per heavy atom. The molecule has 0 spiro atoms. The standard InChI is InChI=1S/C14H19BrClN3S/c1-2-5-18-6-8-19(9-7-18)14(20)17-13-4-3-11(15)10-12(13)16/h3-4,10H,2,5-9H2,1H3,(H,17,20). The van der Waals surface area contributed by atoms with Gasteiger partial charge in [0.05, 0.1) is 10.7 Å². The average Bonchev–Trinajstić information content (AvgIpc) is 2.43. The molecule has 0 unspecified atom stereocenters. The van der Waals surface area contributed by atoms with Gasteiger partial charge in [0.15, 0.2) is 5.11 Å². The van der Waals surface area contributed by atoms with Crippen molar-refractivity contribution < 1.29 is 0 Å². The van der Waals surface area contributed by atoms with Gasteiger partial charge in [0.25, 0.3) is 0 Å². The molecular weight excluding hydrogens is 358 g/mol. The number of nitrogens with zero attached hydrogens (tertiary/aromatic N) is 2. The Balaban J connectivity index is 1.89. The fourth-order valence-electron chi connectivity index (χ4n) is 2.28. The molecule has 1 fully saturated rings. The molecule has 1 saturated heterocycles. The molecule has 110 valence electrons. The molecule has 1 aliphatic heterocycles. The van der Waals surface area contributed by atoms with Crippen molar-refractivity contribution >= 4 is 50.5 Å². The maximum Gasteiger partial charge on any atom is 0.173 e. The third kappa shape index (κ3) is 4.32. The molecule has 2 rings (SSSR count). The van der Waals surface area contributed by atoms with E-state index in [0.29, 0.717) is 5.02 Å². The predicted octanol–water partition coefficient (Wildman–Crippen LogP) is 3.83. The van der Waals surface area contributed by atoms with Crippen LogP contribution in [0.3, 0.4) is 0 Å². The van der Waals surface area contributed by atoms with Crippen molar-refractivity contribution in [2.24, 2.45) is 0 Å². The van der Waals surface area contributed by atoms with E-state index in [-0.39, 0.29) is 0 Å². The lowest BCUT2D eigenvalue weighted by Crippen LogP contribution is -2.50. The Morgan fingerprint density at radius 3 is 2.65 bits per heavy atom. The molecule has 1 aromatic carbocycles. The largest absolute Gasteiger partial charge is 0.346 e. The molecule has 0 radical (unpaired) electrons. The lowest BCUT2D eigenvalue weighted by atomic mass is 10.3. The van der Waals surface area contributed by atoms with Crippen LogP contribution in [0.5, 0.6) is 0 Å². The second kappa shape index (κ2) is 7.59. The molecule has 3 nitrogen and oxygen atoms in total. The highest BCUT2D eigenvalue weighted by Crippen LogP contribution is 2.26. The van der Waals surface area contributed by atoms with Crippen LogP contribution in [0.15, 0.2) is 22.7 Å². The first kappa shape index (κ1) is 16.0. The van der Waals surface area contributed by atoms with E-state index in [4.69, 9.17) is 23.8 Å². The third-order valence-corrected chi connectivity index (χ3v) is 4.54. The minimum atomic E-state index is 0.673. The summed E-state index contributed by atoms with van der Waals surface area (Å²) in [4.78, 5) is 4.69. The second-order valence-corrected chi connectivity index (χ2v) is 6.59. The number of nitrogens with one attached hydrogen (secondary N) is 1. The molecule has 0 saturated carbocycles. The number of hydrogen-bond acceptors (Lipinski definition) is 2. The summed E-state index contributed by atoms with van der Waals surface area (Å²) < 4.78 is 0.965. The first-order valence-corrected chi connectivity index (χ1v) is 8.41. The molecule has 0 aliphatic carbocycles. The van der Waals surface area contributed by atoms with Crippen molar-refractivity contribution in [2.75, 3.05) is 38.0 Å². The van der Waals surface area contributed by atoms with Crippen LogP contribution in [-0.2, 0) is 0 Å². The normalized spacial score (nSPS) is 16.2. The number of rotatable bonds is 3. The predicted molar refractivity (Wildman–Crippen MR) is 93.7 cm³/mol. The van der Waals surface area contributed by atoms with Crippen molar-refractivity contribution in [3.8, 4) is 0 Å². The fourth-order valence-corrected chi connectivity index (χ4v) is 3.29. The summed E-state index contributed by atoms with van der Waals surface area (Å²) in [5, 5.41) is 4.67. The van der Waals surface area contributed by atoms with Gasteiger partial charge in [0, 0.05) is 30.7 Å². The van der Waals surface area contributed by atoms with Crippen molar-refractivity contribution in [3.63, 3.8) is 0 Å². The zero-order chi connectivity index (χ0) is 14.5. The summed E-state index contributed by atoms with van der Waals surface area (Å²) in [7, 11) is 0. The molecular formula is C14H19BrClN3S. The number of piperazine rings is 1. The van der Waals surface area contributed by atoms with Gasteiger partial charge >= 0.3 is 0 Å². The molecule has 1 heterocycles. The molecule has 1 aliphatic rings. The van der Waals surface area contributed by atoms with Gasteiger partial charge in [-0.25, -0.2) is 0 Å². The van der Waals surface area contributed by atoms with Crippen LogP contribution in [0.25, 0.3) is 0 Å². The van der Waals surface area contributed by atoms with E-state index >= 15 is 0 Å². The smallest absolute Gasteiger partial charge is 0.173 e. The number of halogens is 2. The van der Waals surface area contributed by atoms with Crippen LogP contribution >= 0.6 is 39.7 Å². The maximum absolute atomic E-state index is 6.20. The summed E-state index contributed by atoms with van der Waals surface area (Å²) in [5.41, 5.74) is 0.857. The minimum Gasteiger partial charge on any atom is -0.346 e. The topological polar surface area (TPSA) is 18.5 Å². The van der Waals surface area contributed by atoms with Crippen LogP contribution in [0.4, 0.5) is 5.69 Å². The third-order valence-electron chi connectivity index (χ3n) is 3.37. The molecule has 1 N–H and O–H groups in total. The van der Waals surface area contributed by atoms with E-state index in [2.05, 4.69) is 38.0 Å². The van der Waals surface area contributed by atoms with Gasteiger partial charge < -0.3 is 10.2 Å². The van der Waals surface area contributed by atoms with Crippen LogP contribution in [-0.4, -0.2) is 47.6 Å². The van der Waals surface area contributed by atoms with Crippen LogP contribution in [0.1, 0.15) is 13.3 Å². The van der Waals surface area contributed by atoms with Gasteiger partial charge in [0.1, 0.15) is 0 Å². The van der Waals surface area contributed by atoms with Crippen LogP contribution in [0, 0.1) is 0 Å². The Kier molecular flexibility index (Phi) is 6.08. The van der Waals surface area contributed by atoms with Gasteiger partial charge in [-0.2, -0.15) is 0 Å². The molecule has 1 aromatic rings. The van der Waals surface area contributed by atoms with Gasteiger partial charge in [-0.15, -0.1) is 0 Å². The fraction of sp³-hybridized carbons (Fsp3) is 0.500. The number of thiocarbonyl (C=S) groups is 1. The first-order chi connectivity index (χ1) is 9.60. The highest BCUT2D eigenvalue weighted by atomic mass is 79.9. The number of benzene rings is 1. The van der Waals surface area contributed by atoms with Crippen molar-refractivity contribution in [2.45, 2.75) is 13.3 Å². The summed E-state index contributed by atoms with van der Waals surface area (Å²) in [6, 6.07) is 5.76. The molecule has 0 atom stereocenters. The van der Waals surface area contributed by atoms with Crippen molar-refractivity contribution in [1.82, 2.24) is 9.80 Å². The SMILES string of the molecule is CCCN1CCN(C(=S)Nc2ccc(Br)cc2Cl)CC1. The molecule has 6 heteroatoms. The first-order valence-electron chi connectivity index (χ1n) is 6.83. The van der Waals surface area contributed by atoms with Crippen molar-refractivity contribution in [3.05, 3.63) is 27.7 Å². The van der Waals surface area contributed by atoms with E-state index in [1.165, 1.54) is 13.0 Å². The van der Waals surface area contributed by atoms with E-state index in [9.17, 15) is 0 Å². The Hall–Kier alpha value is -0.360. The van der Waals surface area contributed by atoms with Crippen molar-refractivity contribution in [1.29, 1.82) is 0 Å². The summed E-state index contributed by atoms with van der Waals surface area (Å²) >= 11 is 15.1. The van der Waals surface area contributed by atoms with Gasteiger partial charge in [-0.1, -0.05) is 34.5 Å². The molecule has 0 aromatic heterocycles. The zero-order valence-electron chi connectivity index (χ0n) is 11.5. The number of anilines is 1. The van der Waals surface area contributed by atoms with Crippen LogP contribution < -0.4 is 5.32 Å². The van der Waals surface area contributed by atoms with E-state index in [1.54, 1.807) is 0 Å². The number of hydrogen-bond donors (Lipinski definition) is 1. The highest BCUT2D eigenvalue weighted by Gasteiger charge is 2.18. The van der Waals surface area contributed by atoms with Crippen LogP contribution in [0.2, 0.25) is 5.02 Å².